The summed E-state index contributed by atoms with van der Waals surface area (Å²) in [4.78, 5) is 5.09. The highest BCUT2D eigenvalue weighted by Crippen LogP contribution is 2.27. The molecule has 0 aromatic rings. The Hall–Kier alpha value is -0.120. The first-order valence-electron chi connectivity index (χ1n) is 8.53. The van der Waals surface area contributed by atoms with Gasteiger partial charge >= 0.3 is 0 Å². The van der Waals surface area contributed by atoms with E-state index in [1.54, 1.807) is 0 Å². The van der Waals surface area contributed by atoms with Crippen molar-refractivity contribution < 1.29 is 0 Å². The van der Waals surface area contributed by atoms with Crippen LogP contribution < -0.4 is 5.73 Å². The highest BCUT2D eigenvalue weighted by atomic mass is 15.2. The van der Waals surface area contributed by atoms with Crippen molar-refractivity contribution >= 4 is 0 Å². The van der Waals surface area contributed by atoms with Crippen molar-refractivity contribution in [2.24, 2.45) is 11.1 Å². The highest BCUT2D eigenvalue weighted by Gasteiger charge is 2.33. The van der Waals surface area contributed by atoms with Crippen molar-refractivity contribution in [2.75, 3.05) is 32.7 Å². The maximum absolute atomic E-state index is 6.41. The summed E-state index contributed by atoms with van der Waals surface area (Å²) in [5.74, 6) is 0. The molecule has 0 amide bonds. The Morgan fingerprint density at radius 2 is 1.45 bits per heavy atom. The van der Waals surface area contributed by atoms with Crippen molar-refractivity contribution in [3.63, 3.8) is 0 Å². The van der Waals surface area contributed by atoms with Gasteiger partial charge < -0.3 is 10.6 Å². The topological polar surface area (TPSA) is 32.5 Å². The molecule has 2 N–H and O–H groups in total. The van der Waals surface area contributed by atoms with Crippen LogP contribution in [0.3, 0.4) is 0 Å². The van der Waals surface area contributed by atoms with Gasteiger partial charge in [0.25, 0.3) is 0 Å². The fourth-order valence-corrected chi connectivity index (χ4v) is 3.22. The van der Waals surface area contributed by atoms with Gasteiger partial charge in [-0.15, -0.1) is 0 Å². The number of nitrogens with zero attached hydrogens (tertiary/aromatic N) is 2. The number of hydrogen-bond donors (Lipinski definition) is 1. The zero-order valence-electron chi connectivity index (χ0n) is 15.1. The Bertz CT molecular complexity index is 231. The monoisotopic (exact) mass is 285 g/mol. The molecule has 0 saturated carbocycles. The molecule has 0 aliphatic heterocycles. The van der Waals surface area contributed by atoms with Crippen LogP contribution in [-0.4, -0.2) is 54.6 Å². The first-order valence-corrected chi connectivity index (χ1v) is 8.53. The van der Waals surface area contributed by atoms with Crippen molar-refractivity contribution in [3.05, 3.63) is 0 Å². The van der Waals surface area contributed by atoms with E-state index in [0.29, 0.717) is 6.04 Å². The molecule has 0 spiro atoms. The molecule has 3 nitrogen and oxygen atoms in total. The van der Waals surface area contributed by atoms with Crippen LogP contribution in [0, 0.1) is 5.41 Å². The van der Waals surface area contributed by atoms with Gasteiger partial charge in [-0.1, -0.05) is 48.5 Å². The normalized spacial score (nSPS) is 15.9. The van der Waals surface area contributed by atoms with Gasteiger partial charge in [0.15, 0.2) is 0 Å². The molecule has 2 atom stereocenters. The van der Waals surface area contributed by atoms with Crippen molar-refractivity contribution in [3.8, 4) is 0 Å². The largest absolute Gasteiger partial charge is 0.326 e. The van der Waals surface area contributed by atoms with Crippen molar-refractivity contribution in [1.29, 1.82) is 0 Å². The van der Waals surface area contributed by atoms with Crippen LogP contribution in [-0.2, 0) is 0 Å². The molecule has 0 saturated heterocycles. The highest BCUT2D eigenvalue weighted by molar-refractivity contribution is 4.90. The van der Waals surface area contributed by atoms with E-state index in [9.17, 15) is 0 Å². The molecule has 3 heteroatoms. The van der Waals surface area contributed by atoms with E-state index in [1.807, 2.05) is 0 Å². The number of nitrogens with two attached hydrogens (primary N) is 1. The van der Waals surface area contributed by atoms with Crippen LogP contribution in [0.4, 0.5) is 0 Å². The van der Waals surface area contributed by atoms with Crippen LogP contribution >= 0.6 is 0 Å². The third-order valence-electron chi connectivity index (χ3n) is 4.38. The third kappa shape index (κ3) is 6.55. The predicted octanol–water partition coefficient (Wildman–Crippen LogP) is 3.19. The summed E-state index contributed by atoms with van der Waals surface area (Å²) < 4.78 is 0. The Labute approximate surface area is 127 Å². The molecule has 0 radical (unpaired) electrons. The zero-order chi connectivity index (χ0) is 15.8. The smallest absolute Gasteiger partial charge is 0.0295 e. The van der Waals surface area contributed by atoms with Gasteiger partial charge in [-0.05, 0) is 51.0 Å². The van der Waals surface area contributed by atoms with E-state index in [-0.39, 0.29) is 11.5 Å². The van der Waals surface area contributed by atoms with Crippen LogP contribution in [0.25, 0.3) is 0 Å². The molecule has 0 rings (SSSR count). The standard InChI is InChI=1S/C17H39N3/c1-8-15(18)16(17(5,6)7)20(11-4)14-12-13-19(9-2)10-3/h15-16H,8-14,18H2,1-7H3. The molecular weight excluding hydrogens is 246 g/mol. The Kier molecular flexibility index (Phi) is 9.69. The summed E-state index contributed by atoms with van der Waals surface area (Å²) in [7, 11) is 0. The molecular formula is C17H39N3. The van der Waals surface area contributed by atoms with E-state index >= 15 is 0 Å². The molecule has 0 aromatic heterocycles. The van der Waals surface area contributed by atoms with E-state index in [2.05, 4.69) is 58.3 Å². The minimum absolute atomic E-state index is 0.237. The summed E-state index contributed by atoms with van der Waals surface area (Å²) in [5, 5.41) is 0. The quantitative estimate of drug-likeness (QED) is 0.669. The van der Waals surface area contributed by atoms with Crippen LogP contribution in [0.5, 0.6) is 0 Å². The van der Waals surface area contributed by atoms with Gasteiger partial charge in [0, 0.05) is 12.1 Å². The average molecular weight is 286 g/mol. The van der Waals surface area contributed by atoms with Crippen LogP contribution in [0.2, 0.25) is 0 Å². The van der Waals surface area contributed by atoms with Gasteiger partial charge in [0.1, 0.15) is 0 Å². The lowest BCUT2D eigenvalue weighted by Crippen LogP contribution is -2.55. The first kappa shape index (κ1) is 19.9. The molecule has 0 aliphatic rings. The van der Waals surface area contributed by atoms with E-state index in [4.69, 9.17) is 5.73 Å². The van der Waals surface area contributed by atoms with E-state index in [1.165, 1.54) is 13.0 Å². The maximum Gasteiger partial charge on any atom is 0.0295 e. The molecule has 0 bridgehead atoms. The van der Waals surface area contributed by atoms with Gasteiger partial charge in [-0.25, -0.2) is 0 Å². The van der Waals surface area contributed by atoms with Crippen molar-refractivity contribution in [1.82, 2.24) is 9.80 Å². The number of rotatable bonds is 10. The average Bonchev–Trinajstić information content (AvgIpc) is 2.40. The van der Waals surface area contributed by atoms with Crippen LogP contribution in [0.15, 0.2) is 0 Å². The lowest BCUT2D eigenvalue weighted by Gasteiger charge is -2.43. The first-order chi connectivity index (χ1) is 9.31. The second-order valence-electron chi connectivity index (χ2n) is 6.89. The maximum atomic E-state index is 6.41. The number of likely N-dealkylation sites (N-methyl/N-ethyl adjacent to an activating group) is 1. The van der Waals surface area contributed by atoms with Gasteiger partial charge in [0.05, 0.1) is 0 Å². The Morgan fingerprint density at radius 3 is 1.80 bits per heavy atom. The third-order valence-corrected chi connectivity index (χ3v) is 4.38. The molecule has 20 heavy (non-hydrogen) atoms. The van der Waals surface area contributed by atoms with E-state index < -0.39 is 0 Å². The van der Waals surface area contributed by atoms with Gasteiger partial charge in [-0.3, -0.25) is 4.90 Å². The minimum Gasteiger partial charge on any atom is -0.326 e. The lowest BCUT2D eigenvalue weighted by atomic mass is 9.80. The molecule has 0 aliphatic carbocycles. The van der Waals surface area contributed by atoms with Crippen LogP contribution in [0.1, 0.15) is 61.3 Å². The zero-order valence-corrected chi connectivity index (χ0v) is 15.1. The second kappa shape index (κ2) is 9.75. The SMILES string of the molecule is CCC(N)C(N(CC)CCCN(CC)CC)C(C)(C)C. The fraction of sp³-hybridized carbons (Fsp3) is 1.00. The molecule has 0 aromatic carbocycles. The summed E-state index contributed by atoms with van der Waals surface area (Å²) in [5.41, 5.74) is 6.65. The molecule has 0 heterocycles. The van der Waals surface area contributed by atoms with Gasteiger partial charge in [-0.2, -0.15) is 0 Å². The Morgan fingerprint density at radius 1 is 0.900 bits per heavy atom. The fourth-order valence-electron chi connectivity index (χ4n) is 3.22. The lowest BCUT2D eigenvalue weighted by molar-refractivity contribution is 0.0767. The Balaban J connectivity index is 4.60. The van der Waals surface area contributed by atoms with Crippen molar-refractivity contribution in [2.45, 2.75) is 73.4 Å². The number of hydrogen-bond acceptors (Lipinski definition) is 3. The predicted molar refractivity (Wildman–Crippen MR) is 91.2 cm³/mol. The van der Waals surface area contributed by atoms with E-state index in [0.717, 1.165) is 32.6 Å². The summed E-state index contributed by atoms with van der Waals surface area (Å²) in [6.45, 7) is 21.7. The molecule has 122 valence electrons. The minimum atomic E-state index is 0.237. The van der Waals surface area contributed by atoms with Gasteiger partial charge in [0.2, 0.25) is 0 Å². The second-order valence-corrected chi connectivity index (χ2v) is 6.89. The summed E-state index contributed by atoms with van der Waals surface area (Å²) >= 11 is 0. The summed E-state index contributed by atoms with van der Waals surface area (Å²) in [6, 6.07) is 0.734. The molecule has 0 fully saturated rings. The molecule has 2 unspecified atom stereocenters. The summed E-state index contributed by atoms with van der Waals surface area (Å²) in [6.07, 6.45) is 2.28.